The summed E-state index contributed by atoms with van der Waals surface area (Å²) in [5.41, 5.74) is 0. The molecule has 0 fully saturated rings. The quantitative estimate of drug-likeness (QED) is 0.677. The highest BCUT2D eigenvalue weighted by molar-refractivity contribution is 9.09. The molecule has 0 aliphatic carbocycles. The van der Waals surface area contributed by atoms with Gasteiger partial charge in [-0.3, -0.25) is 0 Å². The summed E-state index contributed by atoms with van der Waals surface area (Å²) >= 11 is 3.04. The first-order valence-corrected chi connectivity index (χ1v) is 5.30. The maximum Gasteiger partial charge on any atom is 0.225 e. The number of hydrogen-bond acceptors (Lipinski definition) is 3. The number of alkyl halides is 1. The van der Waals surface area contributed by atoms with Crippen molar-refractivity contribution >= 4 is 26.0 Å². The van der Waals surface area contributed by atoms with Gasteiger partial charge >= 0.3 is 0 Å². The third-order valence-corrected chi connectivity index (χ3v) is 2.22. The van der Waals surface area contributed by atoms with Gasteiger partial charge in [0.15, 0.2) is 5.75 Å². The first-order chi connectivity index (χ1) is 4.62. The van der Waals surface area contributed by atoms with Crippen LogP contribution in [0.3, 0.4) is 0 Å². The van der Waals surface area contributed by atoms with Gasteiger partial charge < -0.3 is 0 Å². The summed E-state index contributed by atoms with van der Waals surface area (Å²) in [6.07, 6.45) is 0. The van der Waals surface area contributed by atoms with Gasteiger partial charge in [-0.05, 0) is 0 Å². The molecule has 58 valence electrons. The van der Waals surface area contributed by atoms with Gasteiger partial charge in [-0.15, -0.1) is 0 Å². The fraction of sp³-hybridized carbons (Fsp3) is 0.750. The molecule has 0 bridgehead atoms. The minimum atomic E-state index is -3.33. The van der Waals surface area contributed by atoms with Gasteiger partial charge in [0, 0.05) is 11.9 Å². The molecule has 0 radical (unpaired) electrons. The van der Waals surface area contributed by atoms with Crippen LogP contribution in [-0.4, -0.2) is 26.0 Å². The Hall–Kier alpha value is -0.120. The molecular formula is C4H7BrN2O2S. The molecule has 0 aromatic rings. The molecule has 10 heavy (non-hydrogen) atoms. The molecule has 4 nitrogen and oxygen atoms in total. The zero-order chi connectivity index (χ0) is 8.04. The van der Waals surface area contributed by atoms with Crippen molar-refractivity contribution in [2.45, 2.75) is 0 Å². The second-order valence-corrected chi connectivity index (χ2v) is 4.10. The maximum atomic E-state index is 10.6. The zero-order valence-corrected chi connectivity index (χ0v) is 7.57. The highest BCUT2D eigenvalue weighted by Crippen LogP contribution is 1.82. The lowest BCUT2D eigenvalue weighted by atomic mass is 10.8. The lowest BCUT2D eigenvalue weighted by molar-refractivity contribution is 0.588. The van der Waals surface area contributed by atoms with E-state index in [2.05, 4.69) is 20.7 Å². The molecule has 0 unspecified atom stereocenters. The molecule has 0 aliphatic rings. The van der Waals surface area contributed by atoms with Gasteiger partial charge in [-0.25, -0.2) is 13.1 Å². The molecule has 0 atom stereocenters. The Morgan fingerprint density at radius 2 is 2.20 bits per heavy atom. The summed E-state index contributed by atoms with van der Waals surface area (Å²) in [5, 5.41) is 8.57. The third kappa shape index (κ3) is 4.73. The fourth-order valence-corrected chi connectivity index (χ4v) is 1.48. The minimum absolute atomic E-state index is 0.323. The van der Waals surface area contributed by atoms with E-state index in [0.29, 0.717) is 11.9 Å². The van der Waals surface area contributed by atoms with E-state index in [9.17, 15) is 8.42 Å². The monoisotopic (exact) mass is 226 g/mol. The van der Waals surface area contributed by atoms with Crippen LogP contribution in [0, 0.1) is 11.3 Å². The van der Waals surface area contributed by atoms with E-state index in [4.69, 9.17) is 5.26 Å². The number of hydrogen-bond donors (Lipinski definition) is 1. The van der Waals surface area contributed by atoms with Crippen LogP contribution in [0.4, 0.5) is 0 Å². The Morgan fingerprint density at radius 1 is 1.60 bits per heavy atom. The lowest BCUT2D eigenvalue weighted by Crippen LogP contribution is -2.27. The second kappa shape index (κ2) is 4.66. The molecule has 6 heteroatoms. The van der Waals surface area contributed by atoms with Gasteiger partial charge in [0.2, 0.25) is 10.0 Å². The summed E-state index contributed by atoms with van der Waals surface area (Å²) in [6.45, 7) is 0.323. The molecule has 0 saturated carbocycles. The van der Waals surface area contributed by atoms with Crippen LogP contribution in [0.25, 0.3) is 0 Å². The predicted molar refractivity (Wildman–Crippen MR) is 41.2 cm³/mol. The summed E-state index contributed by atoms with van der Waals surface area (Å²) in [7, 11) is -3.33. The fourth-order valence-electron chi connectivity index (χ4n) is 0.330. The van der Waals surface area contributed by atoms with Crippen molar-refractivity contribution in [2.75, 3.05) is 17.6 Å². The lowest BCUT2D eigenvalue weighted by Gasteiger charge is -1.97. The van der Waals surface area contributed by atoms with Crippen LogP contribution in [-0.2, 0) is 10.0 Å². The maximum absolute atomic E-state index is 10.6. The smallest absolute Gasteiger partial charge is 0.214 e. The van der Waals surface area contributed by atoms with Crippen molar-refractivity contribution in [2.24, 2.45) is 0 Å². The van der Waals surface area contributed by atoms with Crippen molar-refractivity contribution in [1.82, 2.24) is 4.72 Å². The van der Waals surface area contributed by atoms with E-state index in [1.165, 1.54) is 0 Å². The second-order valence-electron chi connectivity index (χ2n) is 1.50. The molecule has 0 aliphatic heterocycles. The third-order valence-electron chi connectivity index (χ3n) is 0.671. The topological polar surface area (TPSA) is 70.0 Å². The van der Waals surface area contributed by atoms with E-state index in [1.807, 2.05) is 0 Å². The Bertz CT molecular complexity index is 218. The van der Waals surface area contributed by atoms with Crippen LogP contribution < -0.4 is 4.72 Å². The van der Waals surface area contributed by atoms with Crippen molar-refractivity contribution < 1.29 is 8.42 Å². The molecule has 0 aromatic carbocycles. The molecular weight excluding hydrogens is 220 g/mol. The van der Waals surface area contributed by atoms with Gasteiger partial charge in [0.05, 0.1) is 6.07 Å². The summed E-state index contributed by atoms with van der Waals surface area (Å²) < 4.78 is 23.5. The number of halogens is 1. The van der Waals surface area contributed by atoms with Crippen LogP contribution in [0.1, 0.15) is 0 Å². The number of nitrogens with zero attached hydrogens (tertiary/aromatic N) is 1. The van der Waals surface area contributed by atoms with Crippen LogP contribution in [0.2, 0.25) is 0 Å². The largest absolute Gasteiger partial charge is 0.225 e. The Kier molecular flexibility index (Phi) is 4.60. The van der Waals surface area contributed by atoms with Crippen molar-refractivity contribution in [3.05, 3.63) is 0 Å². The summed E-state index contributed by atoms with van der Waals surface area (Å²) in [5.74, 6) is -0.472. The molecule has 1 N–H and O–H groups in total. The first-order valence-electron chi connectivity index (χ1n) is 2.52. The molecule has 0 spiro atoms. The minimum Gasteiger partial charge on any atom is -0.214 e. The Balaban J connectivity index is 3.80. The van der Waals surface area contributed by atoms with E-state index < -0.39 is 15.8 Å². The summed E-state index contributed by atoms with van der Waals surface area (Å²) in [6, 6.07) is 1.55. The number of nitriles is 1. The average Bonchev–Trinajstić information content (AvgIpc) is 1.84. The molecule has 0 saturated heterocycles. The standard InChI is InChI=1S/C4H7BrN2O2S/c5-1-3-7-10(8,9)4-2-6/h7H,1,3-4H2. The highest BCUT2D eigenvalue weighted by Gasteiger charge is 2.06. The van der Waals surface area contributed by atoms with Crippen LogP contribution in [0.15, 0.2) is 0 Å². The normalized spacial score (nSPS) is 10.8. The van der Waals surface area contributed by atoms with Gasteiger partial charge in [-0.1, -0.05) is 15.9 Å². The first kappa shape index (κ1) is 9.88. The van der Waals surface area contributed by atoms with Crippen molar-refractivity contribution in [3.8, 4) is 6.07 Å². The summed E-state index contributed by atoms with van der Waals surface area (Å²) in [4.78, 5) is 0. The number of rotatable bonds is 4. The highest BCUT2D eigenvalue weighted by atomic mass is 79.9. The SMILES string of the molecule is N#CCS(=O)(=O)NCCBr. The molecule has 0 amide bonds. The van der Waals surface area contributed by atoms with E-state index in [-0.39, 0.29) is 0 Å². The number of nitrogens with one attached hydrogen (secondary N) is 1. The van der Waals surface area contributed by atoms with E-state index >= 15 is 0 Å². The number of sulfonamides is 1. The van der Waals surface area contributed by atoms with Crippen molar-refractivity contribution in [1.29, 1.82) is 5.26 Å². The van der Waals surface area contributed by atoms with E-state index in [1.54, 1.807) is 6.07 Å². The predicted octanol–water partition coefficient (Wildman–Crippen LogP) is -0.176. The molecule has 0 aromatic heterocycles. The van der Waals surface area contributed by atoms with Crippen LogP contribution in [0.5, 0.6) is 0 Å². The van der Waals surface area contributed by atoms with Crippen LogP contribution >= 0.6 is 15.9 Å². The van der Waals surface area contributed by atoms with Gasteiger partial charge in [0.25, 0.3) is 0 Å². The van der Waals surface area contributed by atoms with Gasteiger partial charge in [0.1, 0.15) is 0 Å². The Morgan fingerprint density at radius 3 is 2.60 bits per heavy atom. The zero-order valence-electron chi connectivity index (χ0n) is 5.17. The molecule has 0 rings (SSSR count). The van der Waals surface area contributed by atoms with Crippen molar-refractivity contribution in [3.63, 3.8) is 0 Å². The Labute approximate surface area is 68.4 Å². The molecule has 0 heterocycles. The van der Waals surface area contributed by atoms with E-state index in [0.717, 1.165) is 0 Å². The average molecular weight is 227 g/mol. The van der Waals surface area contributed by atoms with Gasteiger partial charge in [-0.2, -0.15) is 5.26 Å².